The van der Waals surface area contributed by atoms with Crippen molar-refractivity contribution in [2.24, 2.45) is 0 Å². The van der Waals surface area contributed by atoms with Gasteiger partial charge in [0.05, 0.1) is 48.4 Å². The zero-order valence-corrected chi connectivity index (χ0v) is 19.3. The maximum absolute atomic E-state index is 13.7. The highest BCUT2D eigenvalue weighted by atomic mass is 16.5. The van der Waals surface area contributed by atoms with E-state index in [9.17, 15) is 9.59 Å². The molecule has 5 rings (SSSR count). The number of amides is 2. The van der Waals surface area contributed by atoms with Crippen molar-refractivity contribution in [2.45, 2.75) is 51.4 Å². The second kappa shape index (κ2) is 9.77. The van der Waals surface area contributed by atoms with Gasteiger partial charge in [-0.1, -0.05) is 37.3 Å². The number of hydrogen-bond acceptors (Lipinski definition) is 5. The Bertz CT molecular complexity index is 1160. The Morgan fingerprint density at radius 3 is 2.82 bits per heavy atom. The van der Waals surface area contributed by atoms with Gasteiger partial charge in [-0.25, -0.2) is 0 Å². The van der Waals surface area contributed by atoms with Crippen molar-refractivity contribution in [2.75, 3.05) is 13.2 Å². The SMILES string of the molecule is CC[C@@H](NC(=O)c1cc(C(=O)N2CCC[C@@H]2c2cnccn2)n2c1COCC2)c1ccccc1. The molecule has 34 heavy (non-hydrogen) atoms. The summed E-state index contributed by atoms with van der Waals surface area (Å²) in [6.07, 6.45) is 7.55. The second-order valence-corrected chi connectivity index (χ2v) is 8.73. The summed E-state index contributed by atoms with van der Waals surface area (Å²) >= 11 is 0. The summed E-state index contributed by atoms with van der Waals surface area (Å²) in [5.74, 6) is -0.263. The van der Waals surface area contributed by atoms with E-state index in [-0.39, 0.29) is 23.9 Å². The lowest BCUT2D eigenvalue weighted by atomic mass is 10.0. The number of fused-ring (bicyclic) bond motifs is 1. The highest BCUT2D eigenvalue weighted by molar-refractivity contribution is 6.01. The molecule has 2 atom stereocenters. The first kappa shape index (κ1) is 22.3. The Labute approximate surface area is 199 Å². The Hall–Kier alpha value is -3.52. The predicted molar refractivity (Wildman–Crippen MR) is 126 cm³/mol. The van der Waals surface area contributed by atoms with Crippen LogP contribution < -0.4 is 5.32 Å². The normalized spacial score (nSPS) is 18.4. The Morgan fingerprint density at radius 1 is 1.21 bits per heavy atom. The number of ether oxygens (including phenoxy) is 1. The lowest BCUT2D eigenvalue weighted by molar-refractivity contribution is 0.0672. The maximum Gasteiger partial charge on any atom is 0.271 e. The van der Waals surface area contributed by atoms with Gasteiger partial charge in [-0.05, 0) is 30.9 Å². The van der Waals surface area contributed by atoms with E-state index in [0.717, 1.165) is 36.2 Å². The lowest BCUT2D eigenvalue weighted by Crippen LogP contribution is -2.33. The molecule has 2 aliphatic heterocycles. The summed E-state index contributed by atoms with van der Waals surface area (Å²) in [6, 6.07) is 11.5. The highest BCUT2D eigenvalue weighted by Crippen LogP contribution is 2.33. The molecule has 0 bridgehead atoms. The van der Waals surface area contributed by atoms with E-state index >= 15 is 0 Å². The smallest absolute Gasteiger partial charge is 0.271 e. The Kier molecular flexibility index (Phi) is 6.40. The van der Waals surface area contributed by atoms with Gasteiger partial charge < -0.3 is 19.5 Å². The summed E-state index contributed by atoms with van der Waals surface area (Å²) in [6.45, 7) is 4.07. The molecule has 3 aromatic rings. The number of nitrogens with zero attached hydrogens (tertiary/aromatic N) is 4. The average Bonchev–Trinajstić information content (AvgIpc) is 3.53. The van der Waals surface area contributed by atoms with Crippen molar-refractivity contribution in [1.82, 2.24) is 24.8 Å². The van der Waals surface area contributed by atoms with Crippen LogP contribution in [-0.4, -0.2) is 44.4 Å². The molecule has 2 amide bonds. The summed E-state index contributed by atoms with van der Waals surface area (Å²) in [5.41, 5.74) is 3.65. The van der Waals surface area contributed by atoms with E-state index in [1.54, 1.807) is 24.7 Å². The molecule has 0 radical (unpaired) electrons. The van der Waals surface area contributed by atoms with Crippen molar-refractivity contribution in [3.8, 4) is 0 Å². The molecule has 4 heterocycles. The molecule has 1 aromatic carbocycles. The molecule has 1 saturated heterocycles. The third-order valence-electron chi connectivity index (χ3n) is 6.72. The number of rotatable bonds is 6. The fourth-order valence-electron chi connectivity index (χ4n) is 4.99. The van der Waals surface area contributed by atoms with Crippen LogP contribution in [-0.2, 0) is 17.9 Å². The first-order valence-electron chi connectivity index (χ1n) is 11.9. The molecule has 0 saturated carbocycles. The van der Waals surface area contributed by atoms with Gasteiger partial charge in [0.2, 0.25) is 0 Å². The molecule has 176 valence electrons. The van der Waals surface area contributed by atoms with Gasteiger partial charge in [-0.2, -0.15) is 0 Å². The van der Waals surface area contributed by atoms with Gasteiger partial charge >= 0.3 is 0 Å². The van der Waals surface area contributed by atoms with Crippen LogP contribution in [0.1, 0.15) is 76.1 Å². The summed E-state index contributed by atoms with van der Waals surface area (Å²) in [7, 11) is 0. The third-order valence-corrected chi connectivity index (χ3v) is 6.72. The van der Waals surface area contributed by atoms with Crippen molar-refractivity contribution in [1.29, 1.82) is 0 Å². The zero-order chi connectivity index (χ0) is 23.5. The van der Waals surface area contributed by atoms with Crippen LogP contribution >= 0.6 is 0 Å². The monoisotopic (exact) mass is 459 g/mol. The van der Waals surface area contributed by atoms with E-state index in [1.165, 1.54) is 0 Å². The molecule has 1 fully saturated rings. The largest absolute Gasteiger partial charge is 0.373 e. The Balaban J connectivity index is 1.44. The van der Waals surface area contributed by atoms with Crippen molar-refractivity contribution < 1.29 is 14.3 Å². The van der Waals surface area contributed by atoms with Gasteiger partial charge in [0.1, 0.15) is 5.69 Å². The van der Waals surface area contributed by atoms with Crippen molar-refractivity contribution >= 4 is 11.8 Å². The molecule has 0 unspecified atom stereocenters. The van der Waals surface area contributed by atoms with Gasteiger partial charge in [0.15, 0.2) is 0 Å². The first-order valence-corrected chi connectivity index (χ1v) is 11.9. The molecule has 2 aromatic heterocycles. The quantitative estimate of drug-likeness (QED) is 0.608. The number of benzene rings is 1. The predicted octanol–water partition coefficient (Wildman–Crippen LogP) is 3.67. The minimum absolute atomic E-state index is 0.0783. The molecule has 0 spiro atoms. The molecule has 8 heteroatoms. The van der Waals surface area contributed by atoms with Gasteiger partial charge in [0.25, 0.3) is 11.8 Å². The average molecular weight is 460 g/mol. The third kappa shape index (κ3) is 4.21. The second-order valence-electron chi connectivity index (χ2n) is 8.73. The molecule has 1 N–H and O–H groups in total. The van der Waals surface area contributed by atoms with Crippen LogP contribution in [0.5, 0.6) is 0 Å². The topological polar surface area (TPSA) is 89.4 Å². The Morgan fingerprint density at radius 2 is 2.06 bits per heavy atom. The minimum atomic E-state index is -0.184. The molecular weight excluding hydrogens is 430 g/mol. The minimum Gasteiger partial charge on any atom is -0.373 e. The zero-order valence-electron chi connectivity index (χ0n) is 19.3. The maximum atomic E-state index is 13.7. The standard InChI is InChI=1S/C26H29N5O3/c1-2-20(18-7-4-3-5-8-18)29-25(32)19-15-23(30-13-14-34-17-24(19)30)26(33)31-12-6-9-22(31)21-16-27-10-11-28-21/h3-5,7-8,10-11,15-16,20,22H,2,6,9,12-14,17H2,1H3,(H,29,32)/t20-,22-/m1/s1. The van der Waals surface area contributed by atoms with Crippen molar-refractivity contribution in [3.05, 3.63) is 83.2 Å². The molecule has 8 nitrogen and oxygen atoms in total. The van der Waals surface area contributed by atoms with Gasteiger partial charge in [0, 0.05) is 25.5 Å². The van der Waals surface area contributed by atoms with Crippen LogP contribution in [0.2, 0.25) is 0 Å². The van der Waals surface area contributed by atoms with Crippen LogP contribution in [0.3, 0.4) is 0 Å². The number of hydrogen-bond donors (Lipinski definition) is 1. The molecular formula is C26H29N5O3. The van der Waals surface area contributed by atoms with E-state index in [2.05, 4.69) is 15.3 Å². The number of nitrogens with one attached hydrogen (secondary N) is 1. The number of aromatic nitrogens is 3. The number of carbonyl (C=O) groups excluding carboxylic acids is 2. The van der Waals surface area contributed by atoms with Crippen LogP contribution in [0.25, 0.3) is 0 Å². The fraction of sp³-hybridized carbons (Fsp3) is 0.385. The van der Waals surface area contributed by atoms with Gasteiger partial charge in [-0.3, -0.25) is 19.6 Å². The van der Waals surface area contributed by atoms with Crippen LogP contribution in [0, 0.1) is 0 Å². The van der Waals surface area contributed by atoms with E-state index < -0.39 is 0 Å². The van der Waals surface area contributed by atoms with Crippen LogP contribution in [0.4, 0.5) is 0 Å². The fourth-order valence-corrected chi connectivity index (χ4v) is 4.99. The number of likely N-dealkylation sites (tertiary alicyclic amines) is 1. The molecule has 0 aliphatic carbocycles. The van der Waals surface area contributed by atoms with E-state index in [0.29, 0.717) is 37.6 Å². The van der Waals surface area contributed by atoms with Crippen molar-refractivity contribution in [3.63, 3.8) is 0 Å². The van der Waals surface area contributed by atoms with E-state index in [1.807, 2.05) is 46.7 Å². The lowest BCUT2D eigenvalue weighted by Gasteiger charge is -2.26. The highest BCUT2D eigenvalue weighted by Gasteiger charge is 2.35. The van der Waals surface area contributed by atoms with Gasteiger partial charge in [-0.15, -0.1) is 0 Å². The van der Waals surface area contributed by atoms with E-state index in [4.69, 9.17) is 4.74 Å². The first-order chi connectivity index (χ1) is 16.7. The summed E-state index contributed by atoms with van der Waals surface area (Å²) in [4.78, 5) is 37.6. The van der Waals surface area contributed by atoms with Crippen LogP contribution in [0.15, 0.2) is 55.0 Å². The number of carbonyl (C=O) groups is 2. The molecule has 2 aliphatic rings. The summed E-state index contributed by atoms with van der Waals surface area (Å²) in [5, 5.41) is 3.15. The summed E-state index contributed by atoms with van der Waals surface area (Å²) < 4.78 is 7.62.